The minimum Gasteiger partial charge on any atom is -0.338 e. The summed E-state index contributed by atoms with van der Waals surface area (Å²) < 4.78 is 0. The second kappa shape index (κ2) is 8.49. The van der Waals surface area contributed by atoms with Crippen LogP contribution in [-0.2, 0) is 4.79 Å². The zero-order valence-corrected chi connectivity index (χ0v) is 9.93. The molecule has 0 radical (unpaired) electrons. The molecule has 0 rings (SSSR count). The van der Waals surface area contributed by atoms with Gasteiger partial charge in [-0.05, 0) is 33.5 Å². The normalized spacial score (nSPS) is 10.1. The van der Waals surface area contributed by atoms with E-state index in [1.54, 1.807) is 0 Å². The van der Waals surface area contributed by atoms with Crippen molar-refractivity contribution in [3.05, 3.63) is 0 Å². The zero-order valence-electron chi connectivity index (χ0n) is 9.18. The predicted octanol–water partition coefficient (Wildman–Crippen LogP) is 0.393. The predicted molar refractivity (Wildman–Crippen MR) is 60.0 cm³/mol. The molecule has 0 saturated heterocycles. The molecule has 15 heavy (non-hydrogen) atoms. The van der Waals surface area contributed by atoms with Gasteiger partial charge in [-0.1, -0.05) is 0 Å². The molecule has 0 aliphatic carbocycles. The number of nitrogens with zero attached hydrogens (tertiary/aromatic N) is 1. The van der Waals surface area contributed by atoms with Crippen molar-refractivity contribution in [1.82, 2.24) is 15.5 Å². The standard InChI is InChI=1S/C9H18ClN3O2/c1-13(2)6-4-3-5-11-9(15)12-8(14)7-10/h3-7H2,1-2H3,(H2,11,12,14,15). The van der Waals surface area contributed by atoms with Crippen LogP contribution in [0.1, 0.15) is 12.8 Å². The summed E-state index contributed by atoms with van der Waals surface area (Å²) in [6.45, 7) is 1.55. The van der Waals surface area contributed by atoms with Gasteiger partial charge in [-0.2, -0.15) is 0 Å². The Balaban J connectivity index is 3.35. The van der Waals surface area contributed by atoms with Crippen LogP contribution in [0.25, 0.3) is 0 Å². The van der Waals surface area contributed by atoms with Gasteiger partial charge in [0, 0.05) is 6.54 Å². The lowest BCUT2D eigenvalue weighted by molar-refractivity contribution is -0.117. The Hall–Kier alpha value is -0.810. The molecule has 88 valence electrons. The third kappa shape index (κ3) is 9.49. The van der Waals surface area contributed by atoms with Crippen LogP contribution in [0.4, 0.5) is 4.79 Å². The van der Waals surface area contributed by atoms with E-state index >= 15 is 0 Å². The minimum absolute atomic E-state index is 0.200. The Morgan fingerprint density at radius 3 is 2.47 bits per heavy atom. The summed E-state index contributed by atoms with van der Waals surface area (Å²) in [5.74, 6) is -0.684. The third-order valence-corrected chi connectivity index (χ3v) is 1.93. The first-order valence-electron chi connectivity index (χ1n) is 4.84. The van der Waals surface area contributed by atoms with E-state index in [0.29, 0.717) is 6.54 Å². The number of carbonyl (C=O) groups is 2. The fraction of sp³-hybridized carbons (Fsp3) is 0.778. The van der Waals surface area contributed by atoms with E-state index in [9.17, 15) is 9.59 Å². The first-order chi connectivity index (χ1) is 7.06. The van der Waals surface area contributed by atoms with Gasteiger partial charge in [0.1, 0.15) is 5.88 Å². The van der Waals surface area contributed by atoms with E-state index in [4.69, 9.17) is 11.6 Å². The Morgan fingerprint density at radius 1 is 1.27 bits per heavy atom. The molecule has 0 aromatic rings. The van der Waals surface area contributed by atoms with Gasteiger partial charge in [0.25, 0.3) is 0 Å². The number of nitrogens with one attached hydrogen (secondary N) is 2. The van der Waals surface area contributed by atoms with Crippen molar-refractivity contribution >= 4 is 23.5 Å². The molecule has 0 unspecified atom stereocenters. The molecule has 0 spiro atoms. The van der Waals surface area contributed by atoms with Gasteiger partial charge in [-0.3, -0.25) is 10.1 Å². The van der Waals surface area contributed by atoms with Gasteiger partial charge in [0.05, 0.1) is 0 Å². The lowest BCUT2D eigenvalue weighted by Crippen LogP contribution is -2.40. The maximum Gasteiger partial charge on any atom is 0.321 e. The van der Waals surface area contributed by atoms with Crippen LogP contribution < -0.4 is 10.6 Å². The number of carbonyl (C=O) groups excluding carboxylic acids is 2. The smallest absolute Gasteiger partial charge is 0.321 e. The molecule has 0 aliphatic rings. The maximum atomic E-state index is 11.0. The summed E-state index contributed by atoms with van der Waals surface area (Å²) in [5, 5.41) is 4.67. The van der Waals surface area contributed by atoms with Crippen molar-refractivity contribution in [2.75, 3.05) is 33.1 Å². The third-order valence-electron chi connectivity index (χ3n) is 1.69. The van der Waals surface area contributed by atoms with Gasteiger partial charge in [0.15, 0.2) is 0 Å². The molecule has 5 nitrogen and oxygen atoms in total. The Bertz CT molecular complexity index is 210. The molecule has 0 bridgehead atoms. The molecule has 3 amide bonds. The topological polar surface area (TPSA) is 61.4 Å². The number of rotatable bonds is 6. The molecular weight excluding hydrogens is 218 g/mol. The van der Waals surface area contributed by atoms with E-state index in [2.05, 4.69) is 15.5 Å². The highest BCUT2D eigenvalue weighted by molar-refractivity contribution is 6.28. The fourth-order valence-corrected chi connectivity index (χ4v) is 1.03. The van der Waals surface area contributed by atoms with E-state index in [-0.39, 0.29) is 5.88 Å². The van der Waals surface area contributed by atoms with Gasteiger partial charge >= 0.3 is 6.03 Å². The number of amides is 3. The minimum atomic E-state index is -0.484. The van der Waals surface area contributed by atoms with Gasteiger partial charge < -0.3 is 10.2 Å². The van der Waals surface area contributed by atoms with Crippen molar-refractivity contribution in [3.63, 3.8) is 0 Å². The summed E-state index contributed by atoms with van der Waals surface area (Å²) in [7, 11) is 4.00. The van der Waals surface area contributed by atoms with Crippen molar-refractivity contribution in [1.29, 1.82) is 0 Å². The van der Waals surface area contributed by atoms with E-state index in [1.165, 1.54) is 0 Å². The summed E-state index contributed by atoms with van der Waals surface area (Å²) in [5.41, 5.74) is 0. The van der Waals surface area contributed by atoms with E-state index in [1.807, 2.05) is 14.1 Å². The molecule has 0 saturated carbocycles. The number of hydrogen-bond acceptors (Lipinski definition) is 3. The van der Waals surface area contributed by atoms with Gasteiger partial charge in [-0.25, -0.2) is 4.79 Å². The molecular formula is C9H18ClN3O2. The Morgan fingerprint density at radius 2 is 1.93 bits per heavy atom. The number of halogens is 1. The molecule has 0 aromatic heterocycles. The number of alkyl halides is 1. The number of urea groups is 1. The highest BCUT2D eigenvalue weighted by atomic mass is 35.5. The largest absolute Gasteiger partial charge is 0.338 e. The molecule has 0 atom stereocenters. The van der Waals surface area contributed by atoms with Gasteiger partial charge in [0.2, 0.25) is 5.91 Å². The molecule has 0 aromatic carbocycles. The Kier molecular flexibility index (Phi) is 8.04. The lowest BCUT2D eigenvalue weighted by Gasteiger charge is -2.09. The highest BCUT2D eigenvalue weighted by Crippen LogP contribution is 1.88. The summed E-state index contributed by atoms with van der Waals surface area (Å²) in [4.78, 5) is 23.8. The van der Waals surface area contributed by atoms with Crippen molar-refractivity contribution in [2.45, 2.75) is 12.8 Å². The molecule has 2 N–H and O–H groups in total. The first kappa shape index (κ1) is 14.2. The van der Waals surface area contributed by atoms with Gasteiger partial charge in [-0.15, -0.1) is 11.6 Å². The number of hydrogen-bond donors (Lipinski definition) is 2. The summed E-state index contributed by atoms with van der Waals surface area (Å²) in [6, 6.07) is -0.481. The summed E-state index contributed by atoms with van der Waals surface area (Å²) >= 11 is 5.22. The molecule has 0 fully saturated rings. The summed E-state index contributed by atoms with van der Waals surface area (Å²) in [6.07, 6.45) is 1.90. The van der Waals surface area contributed by atoms with Crippen LogP contribution in [-0.4, -0.2) is 49.9 Å². The molecule has 6 heteroatoms. The van der Waals surface area contributed by atoms with E-state index in [0.717, 1.165) is 19.4 Å². The average Bonchev–Trinajstić information content (AvgIpc) is 2.16. The monoisotopic (exact) mass is 235 g/mol. The second-order valence-corrected chi connectivity index (χ2v) is 3.72. The second-order valence-electron chi connectivity index (χ2n) is 3.45. The van der Waals surface area contributed by atoms with E-state index < -0.39 is 11.9 Å². The van der Waals surface area contributed by atoms with Crippen LogP contribution in [0.2, 0.25) is 0 Å². The maximum absolute atomic E-state index is 11.0. The van der Waals surface area contributed by atoms with Crippen LogP contribution in [0.5, 0.6) is 0 Å². The van der Waals surface area contributed by atoms with Crippen molar-refractivity contribution in [2.24, 2.45) is 0 Å². The average molecular weight is 236 g/mol. The lowest BCUT2D eigenvalue weighted by atomic mass is 10.3. The number of unbranched alkanes of at least 4 members (excludes halogenated alkanes) is 1. The number of imide groups is 1. The van der Waals surface area contributed by atoms with Crippen molar-refractivity contribution in [3.8, 4) is 0 Å². The van der Waals surface area contributed by atoms with Crippen LogP contribution in [0.3, 0.4) is 0 Å². The quantitative estimate of drug-likeness (QED) is 0.517. The van der Waals surface area contributed by atoms with Crippen LogP contribution >= 0.6 is 11.6 Å². The fourth-order valence-electron chi connectivity index (χ4n) is 0.959. The SMILES string of the molecule is CN(C)CCCCNC(=O)NC(=O)CCl. The van der Waals surface area contributed by atoms with Crippen LogP contribution in [0, 0.1) is 0 Å². The Labute approximate surface area is 95.1 Å². The van der Waals surface area contributed by atoms with Crippen molar-refractivity contribution < 1.29 is 9.59 Å². The molecule has 0 heterocycles. The first-order valence-corrected chi connectivity index (χ1v) is 5.38. The highest BCUT2D eigenvalue weighted by Gasteiger charge is 2.04. The zero-order chi connectivity index (χ0) is 11.7. The molecule has 0 aliphatic heterocycles. The van der Waals surface area contributed by atoms with Crippen LogP contribution in [0.15, 0.2) is 0 Å².